The summed E-state index contributed by atoms with van der Waals surface area (Å²) in [5.41, 5.74) is 6.02. The summed E-state index contributed by atoms with van der Waals surface area (Å²) in [6, 6.07) is 37.1. The van der Waals surface area contributed by atoms with Crippen LogP contribution in [0.2, 0.25) is 0 Å². The average molecular weight is 624 g/mol. The highest BCUT2D eigenvalue weighted by Gasteiger charge is 2.30. The summed E-state index contributed by atoms with van der Waals surface area (Å²) in [5, 5.41) is 24.5. The van der Waals surface area contributed by atoms with Gasteiger partial charge in [0.05, 0.1) is 17.3 Å². The lowest BCUT2D eigenvalue weighted by molar-refractivity contribution is -0.110. The largest absolute Gasteiger partial charge is 0.508 e. The van der Waals surface area contributed by atoms with Crippen molar-refractivity contribution < 1.29 is 19.5 Å². The molecule has 0 saturated carbocycles. The Morgan fingerprint density at radius 2 is 1.36 bits per heavy atom. The van der Waals surface area contributed by atoms with Crippen LogP contribution >= 0.6 is 0 Å². The van der Waals surface area contributed by atoms with Crippen molar-refractivity contribution in [1.82, 2.24) is 5.32 Å². The Morgan fingerprint density at radius 1 is 0.702 bits per heavy atom. The summed E-state index contributed by atoms with van der Waals surface area (Å²) in [6.07, 6.45) is 0.723. The number of hydrogen-bond donors (Lipinski definition) is 6. The topological polar surface area (TPSA) is 132 Å². The molecule has 0 aliphatic carbocycles. The summed E-state index contributed by atoms with van der Waals surface area (Å²) >= 11 is 0. The summed E-state index contributed by atoms with van der Waals surface area (Å²) in [6.45, 7) is 2.02. The lowest BCUT2D eigenvalue weighted by Gasteiger charge is -2.18. The third-order valence-electron chi connectivity index (χ3n) is 7.77. The molecule has 6 N–H and O–H groups in total. The van der Waals surface area contributed by atoms with Crippen molar-refractivity contribution in [3.8, 4) is 5.75 Å². The molecule has 0 unspecified atom stereocenters. The van der Waals surface area contributed by atoms with Crippen LogP contribution in [0.3, 0.4) is 0 Å². The molecule has 0 aromatic heterocycles. The minimum absolute atomic E-state index is 0.101. The first kappa shape index (κ1) is 30.7. The molecule has 0 fully saturated rings. The van der Waals surface area contributed by atoms with Crippen molar-refractivity contribution >= 4 is 51.9 Å². The molecule has 1 aliphatic heterocycles. The third-order valence-corrected chi connectivity index (χ3v) is 7.77. The van der Waals surface area contributed by atoms with Gasteiger partial charge in [0.25, 0.3) is 11.8 Å². The number of phenolic OH excluding ortho intramolecular Hbond substituents is 1. The lowest BCUT2D eigenvalue weighted by Crippen LogP contribution is -2.28. The van der Waals surface area contributed by atoms with Crippen LogP contribution in [0.5, 0.6) is 5.75 Å². The van der Waals surface area contributed by atoms with Crippen LogP contribution in [-0.2, 0) is 4.79 Å². The second-order valence-corrected chi connectivity index (χ2v) is 11.0. The molecule has 4 amide bonds. The molecule has 0 spiro atoms. The number of carbonyl (C=O) groups excluding carboxylic acids is 3. The van der Waals surface area contributed by atoms with E-state index >= 15 is 0 Å². The van der Waals surface area contributed by atoms with Gasteiger partial charge in [-0.25, -0.2) is 4.79 Å². The second-order valence-electron chi connectivity index (χ2n) is 11.0. The van der Waals surface area contributed by atoms with Gasteiger partial charge in [-0.2, -0.15) is 0 Å². The number of hydrogen-bond acceptors (Lipinski definition) is 5. The summed E-state index contributed by atoms with van der Waals surface area (Å²) in [5.74, 6) is -0.438. The fourth-order valence-electron chi connectivity index (χ4n) is 5.45. The number of fused-ring (bicyclic) bond motifs is 1. The van der Waals surface area contributed by atoms with E-state index in [1.165, 1.54) is 12.1 Å². The van der Waals surface area contributed by atoms with E-state index in [4.69, 9.17) is 0 Å². The second kappa shape index (κ2) is 13.7. The Balaban J connectivity index is 1.30. The number of urea groups is 1. The Labute approximate surface area is 272 Å². The molecule has 5 aromatic carbocycles. The average Bonchev–Trinajstić information content (AvgIpc) is 3.42. The monoisotopic (exact) mass is 623 g/mol. The number of anilines is 4. The fraction of sp³-hybridized carbons (Fsp3) is 0.0789. The number of benzene rings is 5. The molecule has 0 bridgehead atoms. The number of carbonyl (C=O) groups is 3. The summed E-state index contributed by atoms with van der Waals surface area (Å²) in [7, 11) is 0. The zero-order chi connectivity index (χ0) is 32.8. The molecule has 0 radical (unpaired) electrons. The van der Waals surface area contributed by atoms with Crippen LogP contribution in [0.1, 0.15) is 46.4 Å². The van der Waals surface area contributed by atoms with Gasteiger partial charge in [0.2, 0.25) is 0 Å². The molecule has 234 valence electrons. The van der Waals surface area contributed by atoms with Gasteiger partial charge in [0.1, 0.15) is 5.75 Å². The van der Waals surface area contributed by atoms with Crippen molar-refractivity contribution in [2.45, 2.75) is 19.4 Å². The van der Waals surface area contributed by atoms with Crippen molar-refractivity contribution in [3.63, 3.8) is 0 Å². The predicted octanol–water partition coefficient (Wildman–Crippen LogP) is 7.85. The SMILES string of the molecule is CC[C@@H](NC(=O)c1ccc2c(c1)/C(=C(/Nc1cccc(NC(=O)Nc3ccc(O)cc3)c1)c1ccccc1)C(=O)N2)c1ccccc1. The Morgan fingerprint density at radius 3 is 2.06 bits per heavy atom. The Kier molecular flexibility index (Phi) is 8.97. The van der Waals surface area contributed by atoms with E-state index in [0.29, 0.717) is 45.1 Å². The van der Waals surface area contributed by atoms with Crippen LogP contribution in [-0.4, -0.2) is 23.0 Å². The van der Waals surface area contributed by atoms with E-state index in [9.17, 15) is 19.5 Å². The van der Waals surface area contributed by atoms with E-state index in [-0.39, 0.29) is 23.6 Å². The maximum absolute atomic E-state index is 13.5. The first-order valence-electron chi connectivity index (χ1n) is 15.2. The minimum atomic E-state index is -0.457. The smallest absolute Gasteiger partial charge is 0.323 e. The highest BCUT2D eigenvalue weighted by atomic mass is 16.3. The number of amides is 4. The zero-order valence-corrected chi connectivity index (χ0v) is 25.6. The van der Waals surface area contributed by atoms with Crippen molar-refractivity contribution in [1.29, 1.82) is 0 Å². The molecule has 47 heavy (non-hydrogen) atoms. The van der Waals surface area contributed by atoms with E-state index < -0.39 is 6.03 Å². The maximum atomic E-state index is 13.5. The van der Waals surface area contributed by atoms with Crippen LogP contribution in [0.25, 0.3) is 11.3 Å². The quantitative estimate of drug-likeness (QED) is 0.0735. The normalized spacial score (nSPS) is 13.5. The highest BCUT2D eigenvalue weighted by molar-refractivity contribution is 6.37. The van der Waals surface area contributed by atoms with Crippen molar-refractivity contribution in [2.24, 2.45) is 0 Å². The first-order chi connectivity index (χ1) is 22.9. The predicted molar refractivity (Wildman–Crippen MR) is 186 cm³/mol. The van der Waals surface area contributed by atoms with Gasteiger partial charge in [-0.05, 0) is 78.2 Å². The molecule has 6 rings (SSSR count). The molecule has 1 aliphatic rings. The van der Waals surface area contributed by atoms with Gasteiger partial charge in [-0.15, -0.1) is 0 Å². The lowest BCUT2D eigenvalue weighted by atomic mass is 9.97. The van der Waals surface area contributed by atoms with Gasteiger partial charge in [0, 0.05) is 33.9 Å². The number of rotatable bonds is 9. The van der Waals surface area contributed by atoms with Crippen LogP contribution in [0.15, 0.2) is 127 Å². The van der Waals surface area contributed by atoms with E-state index in [2.05, 4.69) is 26.6 Å². The molecule has 0 saturated heterocycles. The summed E-state index contributed by atoms with van der Waals surface area (Å²) < 4.78 is 0. The molecule has 1 atom stereocenters. The third kappa shape index (κ3) is 7.15. The van der Waals surface area contributed by atoms with E-state index in [1.54, 1.807) is 48.5 Å². The standard InChI is InChI=1S/C38H33N5O4/c1-2-32(24-10-5-3-6-11-24)42-36(45)26-16-21-33-31(22-26)34(37(46)43-33)35(25-12-7-4-8-13-25)39-28-14-9-15-29(23-28)41-38(47)40-27-17-19-30(44)20-18-27/h3-23,32,39,44H,2H2,1H3,(H,42,45)(H,43,46)(H2,40,41,47)/b35-34-/t32-/m1/s1. The number of phenols is 1. The molecular formula is C38H33N5O4. The van der Waals surface area contributed by atoms with Gasteiger partial charge in [0.15, 0.2) is 0 Å². The highest BCUT2D eigenvalue weighted by Crippen LogP contribution is 2.38. The van der Waals surface area contributed by atoms with Gasteiger partial charge < -0.3 is 31.7 Å². The van der Waals surface area contributed by atoms with Gasteiger partial charge >= 0.3 is 6.03 Å². The zero-order valence-electron chi connectivity index (χ0n) is 25.6. The molecule has 9 heteroatoms. The van der Waals surface area contributed by atoms with E-state index in [1.807, 2.05) is 73.7 Å². The Hall–Kier alpha value is -6.35. The maximum Gasteiger partial charge on any atom is 0.323 e. The molecule has 1 heterocycles. The van der Waals surface area contributed by atoms with E-state index in [0.717, 1.165) is 17.5 Å². The van der Waals surface area contributed by atoms with Crippen molar-refractivity contribution in [2.75, 3.05) is 21.3 Å². The first-order valence-corrected chi connectivity index (χ1v) is 15.2. The fourth-order valence-corrected chi connectivity index (χ4v) is 5.45. The molecule has 9 nitrogen and oxygen atoms in total. The number of aromatic hydroxyl groups is 1. The summed E-state index contributed by atoms with van der Waals surface area (Å²) in [4.78, 5) is 39.7. The number of nitrogens with one attached hydrogen (secondary N) is 5. The van der Waals surface area contributed by atoms with Crippen LogP contribution < -0.4 is 26.6 Å². The van der Waals surface area contributed by atoms with Gasteiger partial charge in [-0.1, -0.05) is 73.7 Å². The minimum Gasteiger partial charge on any atom is -0.508 e. The molecule has 5 aromatic rings. The van der Waals surface area contributed by atoms with Crippen LogP contribution in [0.4, 0.5) is 27.5 Å². The van der Waals surface area contributed by atoms with Gasteiger partial charge in [-0.3, -0.25) is 9.59 Å². The molecular weight excluding hydrogens is 590 g/mol. The van der Waals surface area contributed by atoms with Crippen molar-refractivity contribution in [3.05, 3.63) is 150 Å². The Bertz CT molecular complexity index is 1960. The van der Waals surface area contributed by atoms with Crippen LogP contribution in [0, 0.1) is 0 Å².